The van der Waals surface area contributed by atoms with Gasteiger partial charge in [0.1, 0.15) is 5.75 Å². The number of esters is 1. The molecule has 0 aromatic heterocycles. The molecule has 3 aromatic carbocycles. The number of amides is 1. The summed E-state index contributed by atoms with van der Waals surface area (Å²) in [6.07, 6.45) is -0.958. The Morgan fingerprint density at radius 1 is 0.960 bits per heavy atom. The van der Waals surface area contributed by atoms with Crippen LogP contribution in [0.4, 0.5) is 5.69 Å². The van der Waals surface area contributed by atoms with E-state index in [1.165, 1.54) is 31.2 Å². The highest BCUT2D eigenvalue weighted by atomic mass is 16.5. The van der Waals surface area contributed by atoms with Crippen LogP contribution in [0.3, 0.4) is 0 Å². The van der Waals surface area contributed by atoms with Crippen molar-refractivity contribution in [2.24, 2.45) is 0 Å². The molecule has 25 heavy (non-hydrogen) atoms. The lowest BCUT2D eigenvalue weighted by Gasteiger charge is -2.14. The second kappa shape index (κ2) is 7.05. The van der Waals surface area contributed by atoms with E-state index in [2.05, 4.69) is 5.32 Å². The number of aromatic hydroxyl groups is 1. The number of phenolic OH excluding ortho intramolecular Hbond substituents is 1. The Bertz CT molecular complexity index is 913. The number of nitrogens with one attached hydrogen (secondary N) is 1. The van der Waals surface area contributed by atoms with Gasteiger partial charge in [0, 0.05) is 11.1 Å². The SMILES string of the molecule is CC(OC(=O)c1ccc(O)cc1)C(=O)Nc1cccc2ccccc12. The lowest BCUT2D eigenvalue weighted by Crippen LogP contribution is -2.30. The zero-order valence-electron chi connectivity index (χ0n) is 13.6. The Balaban J connectivity index is 1.70. The van der Waals surface area contributed by atoms with Crippen LogP contribution in [0, 0.1) is 0 Å². The van der Waals surface area contributed by atoms with Crippen molar-refractivity contribution < 1.29 is 19.4 Å². The molecular weight excluding hydrogens is 318 g/mol. The van der Waals surface area contributed by atoms with Crippen LogP contribution in [0.2, 0.25) is 0 Å². The largest absolute Gasteiger partial charge is 0.508 e. The van der Waals surface area contributed by atoms with Crippen LogP contribution in [-0.4, -0.2) is 23.1 Å². The summed E-state index contributed by atoms with van der Waals surface area (Å²) in [7, 11) is 0. The van der Waals surface area contributed by atoms with Gasteiger partial charge in [-0.2, -0.15) is 0 Å². The molecule has 0 bridgehead atoms. The molecule has 0 aliphatic carbocycles. The number of carbonyl (C=O) groups is 2. The molecule has 0 heterocycles. The van der Waals surface area contributed by atoms with Crippen molar-refractivity contribution in [3.63, 3.8) is 0 Å². The van der Waals surface area contributed by atoms with Crippen molar-refractivity contribution in [3.8, 4) is 5.75 Å². The van der Waals surface area contributed by atoms with Crippen molar-refractivity contribution in [1.29, 1.82) is 0 Å². The van der Waals surface area contributed by atoms with Crippen LogP contribution in [0.25, 0.3) is 10.8 Å². The molecule has 5 nitrogen and oxygen atoms in total. The molecule has 1 atom stereocenters. The molecule has 0 saturated carbocycles. The fraction of sp³-hybridized carbons (Fsp3) is 0.100. The van der Waals surface area contributed by atoms with Crippen molar-refractivity contribution in [3.05, 3.63) is 72.3 Å². The summed E-state index contributed by atoms with van der Waals surface area (Å²) in [5, 5.41) is 14.0. The average Bonchev–Trinajstić information content (AvgIpc) is 2.62. The van der Waals surface area contributed by atoms with Crippen molar-refractivity contribution in [1.82, 2.24) is 0 Å². The number of hydrogen-bond acceptors (Lipinski definition) is 4. The lowest BCUT2D eigenvalue weighted by molar-refractivity contribution is -0.123. The molecule has 3 aromatic rings. The molecule has 5 heteroatoms. The number of benzene rings is 3. The molecule has 0 spiro atoms. The summed E-state index contributed by atoms with van der Waals surface area (Å²) in [6, 6.07) is 19.0. The summed E-state index contributed by atoms with van der Waals surface area (Å²) in [4.78, 5) is 24.4. The van der Waals surface area contributed by atoms with E-state index in [4.69, 9.17) is 4.74 Å². The Morgan fingerprint density at radius 3 is 2.40 bits per heavy atom. The summed E-state index contributed by atoms with van der Waals surface area (Å²) < 4.78 is 5.19. The van der Waals surface area contributed by atoms with Gasteiger partial charge in [0.25, 0.3) is 5.91 Å². The van der Waals surface area contributed by atoms with Gasteiger partial charge in [0.15, 0.2) is 6.10 Å². The lowest BCUT2D eigenvalue weighted by atomic mass is 10.1. The fourth-order valence-corrected chi connectivity index (χ4v) is 2.45. The molecule has 0 saturated heterocycles. The van der Waals surface area contributed by atoms with E-state index in [0.717, 1.165) is 10.8 Å². The second-order valence-electron chi connectivity index (χ2n) is 5.61. The van der Waals surface area contributed by atoms with Crippen molar-refractivity contribution in [2.75, 3.05) is 5.32 Å². The standard InChI is InChI=1S/C20H17NO4/c1-13(25-20(24)15-9-11-16(22)12-10-15)19(23)21-18-8-4-6-14-5-2-3-7-17(14)18/h2-13,22H,1H3,(H,21,23). The zero-order valence-corrected chi connectivity index (χ0v) is 13.6. The fourth-order valence-electron chi connectivity index (χ4n) is 2.45. The second-order valence-corrected chi connectivity index (χ2v) is 5.61. The molecule has 3 rings (SSSR count). The first-order valence-electron chi connectivity index (χ1n) is 7.83. The predicted octanol–water partition coefficient (Wildman–Crippen LogP) is 3.73. The van der Waals surface area contributed by atoms with Gasteiger partial charge in [-0.25, -0.2) is 4.79 Å². The molecule has 0 aliphatic heterocycles. The first-order valence-corrected chi connectivity index (χ1v) is 7.83. The molecule has 0 radical (unpaired) electrons. The van der Waals surface area contributed by atoms with Crippen LogP contribution in [0.15, 0.2) is 66.7 Å². The highest BCUT2D eigenvalue weighted by Gasteiger charge is 2.19. The summed E-state index contributed by atoms with van der Waals surface area (Å²) >= 11 is 0. The molecule has 126 valence electrons. The van der Waals surface area contributed by atoms with Crippen molar-refractivity contribution >= 4 is 28.3 Å². The van der Waals surface area contributed by atoms with E-state index in [-0.39, 0.29) is 11.3 Å². The van der Waals surface area contributed by atoms with E-state index >= 15 is 0 Å². The van der Waals surface area contributed by atoms with Gasteiger partial charge in [0.05, 0.1) is 5.56 Å². The summed E-state index contributed by atoms with van der Waals surface area (Å²) in [5.74, 6) is -0.984. The Kier molecular flexibility index (Phi) is 4.66. The van der Waals surface area contributed by atoms with Crippen molar-refractivity contribution in [2.45, 2.75) is 13.0 Å². The number of ether oxygens (including phenoxy) is 1. The Hall–Kier alpha value is -3.34. The normalized spacial score (nSPS) is 11.7. The number of anilines is 1. The van der Waals surface area contributed by atoms with Gasteiger partial charge in [0.2, 0.25) is 0 Å². The van der Waals surface area contributed by atoms with Crippen LogP contribution in [-0.2, 0) is 9.53 Å². The number of fused-ring (bicyclic) bond motifs is 1. The third kappa shape index (κ3) is 3.77. The maximum Gasteiger partial charge on any atom is 0.338 e. The molecule has 0 aliphatic rings. The Labute approximate surface area is 144 Å². The van der Waals surface area contributed by atoms with Crippen LogP contribution < -0.4 is 5.32 Å². The first-order chi connectivity index (χ1) is 12.0. The maximum absolute atomic E-state index is 12.3. The van der Waals surface area contributed by atoms with Gasteiger partial charge in [-0.05, 0) is 42.6 Å². The molecule has 2 N–H and O–H groups in total. The number of carbonyl (C=O) groups excluding carboxylic acids is 2. The molecule has 1 amide bonds. The highest BCUT2D eigenvalue weighted by Crippen LogP contribution is 2.23. The molecule has 1 unspecified atom stereocenters. The quantitative estimate of drug-likeness (QED) is 0.712. The van der Waals surface area contributed by atoms with E-state index in [1.807, 2.05) is 36.4 Å². The third-order valence-electron chi connectivity index (χ3n) is 3.80. The van der Waals surface area contributed by atoms with E-state index in [9.17, 15) is 14.7 Å². The zero-order chi connectivity index (χ0) is 17.8. The van der Waals surface area contributed by atoms with E-state index in [1.54, 1.807) is 6.07 Å². The molecular formula is C20H17NO4. The molecule has 0 fully saturated rings. The van der Waals surface area contributed by atoms with E-state index in [0.29, 0.717) is 5.69 Å². The maximum atomic E-state index is 12.3. The van der Waals surface area contributed by atoms with Gasteiger partial charge >= 0.3 is 5.97 Å². The number of hydrogen-bond donors (Lipinski definition) is 2. The number of rotatable bonds is 4. The third-order valence-corrected chi connectivity index (χ3v) is 3.80. The summed E-state index contributed by atoms with van der Waals surface area (Å²) in [6.45, 7) is 1.51. The Morgan fingerprint density at radius 2 is 1.64 bits per heavy atom. The monoisotopic (exact) mass is 335 g/mol. The van der Waals surface area contributed by atoms with Crippen LogP contribution in [0.5, 0.6) is 5.75 Å². The average molecular weight is 335 g/mol. The van der Waals surface area contributed by atoms with Gasteiger partial charge < -0.3 is 15.2 Å². The summed E-state index contributed by atoms with van der Waals surface area (Å²) in [5.41, 5.74) is 0.929. The topological polar surface area (TPSA) is 75.6 Å². The van der Waals surface area contributed by atoms with Crippen LogP contribution >= 0.6 is 0 Å². The predicted molar refractivity (Wildman–Crippen MR) is 95.6 cm³/mol. The van der Waals surface area contributed by atoms with Gasteiger partial charge in [-0.1, -0.05) is 36.4 Å². The van der Waals surface area contributed by atoms with Crippen LogP contribution in [0.1, 0.15) is 17.3 Å². The van der Waals surface area contributed by atoms with Gasteiger partial charge in [-0.15, -0.1) is 0 Å². The van der Waals surface area contributed by atoms with E-state index < -0.39 is 18.0 Å². The smallest absolute Gasteiger partial charge is 0.338 e. The highest BCUT2D eigenvalue weighted by molar-refractivity contribution is 6.04. The minimum Gasteiger partial charge on any atom is -0.508 e. The van der Waals surface area contributed by atoms with Gasteiger partial charge in [-0.3, -0.25) is 4.79 Å². The number of phenols is 1. The minimum atomic E-state index is -0.958. The first kappa shape index (κ1) is 16.5. The minimum absolute atomic E-state index is 0.0540.